The molecule has 0 aromatic heterocycles. The third-order valence-corrected chi connectivity index (χ3v) is 15.7. The first-order valence-electron chi connectivity index (χ1n) is 26.6. The third kappa shape index (κ3) is 11.3. The molecule has 21 nitrogen and oxygen atoms in total. The first kappa shape index (κ1) is 55.5. The van der Waals surface area contributed by atoms with Gasteiger partial charge in [0.1, 0.15) is 43.4 Å². The van der Waals surface area contributed by atoms with Crippen molar-refractivity contribution in [3.8, 4) is 40.2 Å². The van der Waals surface area contributed by atoms with Gasteiger partial charge in [-0.05, 0) is 101 Å². The lowest BCUT2D eigenvalue weighted by atomic mass is 9.94. The minimum absolute atomic E-state index is 0.0428. The van der Waals surface area contributed by atoms with Gasteiger partial charge < -0.3 is 67.0 Å². The van der Waals surface area contributed by atoms with Gasteiger partial charge in [-0.15, -0.1) is 8.42 Å². The summed E-state index contributed by atoms with van der Waals surface area (Å²) in [5.41, 5.74) is 6.44. The zero-order valence-corrected chi connectivity index (χ0v) is 45.6. The van der Waals surface area contributed by atoms with E-state index < -0.39 is 53.5 Å². The molecule has 22 heteroatoms. The molecule has 0 aliphatic carbocycles. The fraction of sp³-hybridized carbons (Fsp3) is 0.317. The minimum Gasteiger partial charge on any atom is -0.493 e. The number of ether oxygens (including phenoxy) is 6. The van der Waals surface area contributed by atoms with Gasteiger partial charge in [-0.1, -0.05) is 55.5 Å². The number of aliphatic hydroxyl groups is 4. The molecule has 5 aliphatic heterocycles. The highest BCUT2D eigenvalue weighted by atomic mass is 32.3. The summed E-state index contributed by atoms with van der Waals surface area (Å²) in [5, 5.41) is 41.4. The van der Waals surface area contributed by atoms with E-state index in [2.05, 4.69) is 0 Å². The van der Waals surface area contributed by atoms with Crippen LogP contribution in [0.25, 0.3) is 0 Å². The van der Waals surface area contributed by atoms with Crippen LogP contribution in [0.3, 0.4) is 0 Å². The smallest absolute Gasteiger partial charge is 0.493 e. The summed E-state index contributed by atoms with van der Waals surface area (Å²) in [6.07, 6.45) is -3.29. The Morgan fingerprint density at radius 3 is 1.68 bits per heavy atom. The maximum absolute atomic E-state index is 14.2. The van der Waals surface area contributed by atoms with Crippen molar-refractivity contribution in [2.45, 2.75) is 102 Å². The van der Waals surface area contributed by atoms with Crippen molar-refractivity contribution in [2.75, 3.05) is 20.8 Å². The van der Waals surface area contributed by atoms with Crippen LogP contribution in [0.2, 0.25) is 0 Å². The number of rotatable bonds is 18. The Kier molecular flexibility index (Phi) is 15.7. The molecule has 1 saturated heterocycles. The molecule has 6 aromatic carbocycles. The molecule has 0 saturated carbocycles. The summed E-state index contributed by atoms with van der Waals surface area (Å²) < 4.78 is 75.1. The Morgan fingerprint density at radius 1 is 0.634 bits per heavy atom. The van der Waals surface area contributed by atoms with Gasteiger partial charge in [0.15, 0.2) is 40.3 Å². The monoisotopic (exact) mass is 1140 g/mol. The van der Waals surface area contributed by atoms with E-state index in [1.807, 2.05) is 48.5 Å². The molecular formula is C60H58N4O17S. The van der Waals surface area contributed by atoms with Crippen LogP contribution in [0.1, 0.15) is 84.2 Å². The Morgan fingerprint density at radius 2 is 1.17 bits per heavy atom. The second kappa shape index (κ2) is 23.2. The second-order valence-electron chi connectivity index (χ2n) is 20.3. The molecule has 0 radical (unpaired) electrons. The number of fused-ring (bicyclic) bond motifs is 6. The van der Waals surface area contributed by atoms with E-state index in [9.17, 15) is 43.2 Å². The van der Waals surface area contributed by atoms with Crippen molar-refractivity contribution in [3.05, 3.63) is 159 Å². The minimum atomic E-state index is -5.18. The quantitative estimate of drug-likeness (QED) is 0.0688. The maximum atomic E-state index is 14.2. The van der Waals surface area contributed by atoms with E-state index in [1.165, 1.54) is 38.5 Å². The fourth-order valence-corrected chi connectivity index (χ4v) is 11.4. The number of carbonyl (C=O) groups excluding carboxylic acids is 3. The average molecular weight is 1140 g/mol. The number of Topliss-reactive ketones (excluding diaryl/α,β-unsaturated/α-hetero) is 1. The second-order valence-corrected chi connectivity index (χ2v) is 21.5. The lowest BCUT2D eigenvalue weighted by Gasteiger charge is -2.39. The Hall–Kier alpha value is -8.38. The van der Waals surface area contributed by atoms with Crippen molar-refractivity contribution >= 4 is 51.8 Å². The third-order valence-electron chi connectivity index (χ3n) is 14.9. The van der Waals surface area contributed by atoms with Gasteiger partial charge in [-0.3, -0.25) is 24.4 Å². The Balaban J connectivity index is 0.897. The predicted octanol–water partition coefficient (Wildman–Crippen LogP) is 6.29. The molecule has 1 unspecified atom stereocenters. The zero-order chi connectivity index (χ0) is 57.4. The number of ketones is 1. The van der Waals surface area contributed by atoms with E-state index in [4.69, 9.17) is 46.8 Å². The Bertz CT molecular complexity index is 3480. The number of benzene rings is 6. The lowest BCUT2D eigenvalue weighted by Crippen LogP contribution is -2.60. The summed E-state index contributed by atoms with van der Waals surface area (Å²) >= 11 is 0. The van der Waals surface area contributed by atoms with E-state index in [1.54, 1.807) is 59.5 Å². The number of carbonyl (C=O) groups is 3. The van der Waals surface area contributed by atoms with Crippen LogP contribution in [-0.2, 0) is 54.3 Å². The maximum Gasteiger partial charge on any atom is 0.501 e. The number of hydrogen-bond acceptors (Lipinski definition) is 19. The number of aliphatic hydroxyl groups excluding tert-OH is 4. The van der Waals surface area contributed by atoms with Crippen LogP contribution < -0.4 is 32.1 Å². The van der Waals surface area contributed by atoms with E-state index in [0.29, 0.717) is 66.0 Å². The molecule has 1 fully saturated rings. The average Bonchev–Trinajstić information content (AvgIpc) is 3.86. The standard InChI is InChI=1S/C60H58N4O17S/c1-4-9-47(66)37-14-15-48(78-60-57(69)56(68)55(67)54(30-65)79-60)53(21-37)81-82(72,73)80-42-17-33(31-76-51-24-45-43(22-49(51)74-2)58(70)63-28-38-12-7-5-10-35(38)19-40(63)26-61-45)16-34(18-42)32-77-52-25-46-44(23-50(52)75-3)59(71)64-29-39-13-8-6-11-36(39)20-41(64)27-62-46/h5-8,10-18,21-27,40-41,54-57,60,65,67-69H,4,9,19-20,28-32H2,1-3H3/t40-,41+,54-,55+,56+,57-,60?/m1/s1. The van der Waals surface area contributed by atoms with E-state index in [0.717, 1.165) is 28.3 Å². The van der Waals surface area contributed by atoms with Crippen LogP contribution >= 0.6 is 0 Å². The molecule has 5 aliphatic rings. The predicted molar refractivity (Wildman–Crippen MR) is 295 cm³/mol. The van der Waals surface area contributed by atoms with Gasteiger partial charge in [0.25, 0.3) is 11.8 Å². The molecular weight excluding hydrogens is 1080 g/mol. The van der Waals surface area contributed by atoms with Gasteiger partial charge >= 0.3 is 10.4 Å². The normalized spacial score (nSPS) is 21.5. The summed E-state index contributed by atoms with van der Waals surface area (Å²) in [6.45, 7) is 1.36. The highest BCUT2D eigenvalue weighted by Crippen LogP contribution is 2.42. The first-order chi connectivity index (χ1) is 39.6. The van der Waals surface area contributed by atoms with Crippen LogP contribution in [-0.4, -0.2) is 132 Å². The molecule has 2 amide bonds. The Labute approximate surface area is 471 Å². The highest BCUT2D eigenvalue weighted by molar-refractivity contribution is 7.82. The summed E-state index contributed by atoms with van der Waals surface area (Å²) in [4.78, 5) is 54.5. The van der Waals surface area contributed by atoms with Gasteiger partial charge in [-0.2, -0.15) is 0 Å². The summed E-state index contributed by atoms with van der Waals surface area (Å²) in [6, 6.07) is 29.8. The van der Waals surface area contributed by atoms with Gasteiger partial charge in [-0.25, -0.2) is 0 Å². The van der Waals surface area contributed by atoms with E-state index >= 15 is 0 Å². The molecule has 5 heterocycles. The van der Waals surface area contributed by atoms with Crippen LogP contribution in [0.4, 0.5) is 11.4 Å². The van der Waals surface area contributed by atoms with Gasteiger partial charge in [0, 0.05) is 49.6 Å². The summed E-state index contributed by atoms with van der Waals surface area (Å²) in [7, 11) is -2.31. The van der Waals surface area contributed by atoms with Gasteiger partial charge in [0.05, 0.1) is 55.4 Å². The van der Waals surface area contributed by atoms with Crippen molar-refractivity contribution < 1.29 is 80.0 Å². The first-order valence-corrected chi connectivity index (χ1v) is 27.9. The number of aliphatic imine (C=N–C) groups is 2. The molecule has 0 spiro atoms. The SMILES string of the molecule is CCCC(=O)c1ccc(OC2O[C@H](CO)[C@H](O)[C@H](O)[C@H]2O)c(OS(=O)(=O)Oc2cc(COc3cc4c(cc3OC)C(=O)N3Cc5ccccc5C[C@H]3C=N4)cc(COc3cc4c(cc3OC)C(=O)N3Cc5ccccc5C[C@@H]3C=N4)c2)c1. The number of methoxy groups -OCH3 is 2. The van der Waals surface area contributed by atoms with Crippen LogP contribution in [0, 0.1) is 0 Å². The topological polar surface area (TPSA) is 271 Å². The zero-order valence-electron chi connectivity index (χ0n) is 44.7. The number of nitrogens with zero attached hydrogens (tertiary/aromatic N) is 4. The molecule has 82 heavy (non-hydrogen) atoms. The molecule has 4 N–H and O–H groups in total. The van der Waals surface area contributed by atoms with Crippen LogP contribution in [0.5, 0.6) is 40.2 Å². The van der Waals surface area contributed by atoms with Crippen molar-refractivity contribution in [1.29, 1.82) is 0 Å². The van der Waals surface area contributed by atoms with Crippen molar-refractivity contribution in [3.63, 3.8) is 0 Å². The lowest BCUT2D eigenvalue weighted by molar-refractivity contribution is -0.277. The van der Waals surface area contributed by atoms with Crippen molar-refractivity contribution in [2.24, 2.45) is 9.98 Å². The molecule has 0 bridgehead atoms. The number of hydrogen-bond donors (Lipinski definition) is 4. The van der Waals surface area contributed by atoms with Gasteiger partial charge in [0.2, 0.25) is 6.29 Å². The van der Waals surface area contributed by atoms with Crippen molar-refractivity contribution in [1.82, 2.24) is 9.80 Å². The number of amides is 2. The fourth-order valence-electron chi connectivity index (χ4n) is 10.7. The molecule has 426 valence electrons. The molecule has 11 rings (SSSR count). The molecule has 6 aromatic rings. The largest absolute Gasteiger partial charge is 0.501 e. The van der Waals surface area contributed by atoms with E-state index in [-0.39, 0.29) is 89.4 Å². The van der Waals surface area contributed by atoms with Crippen LogP contribution in [0.15, 0.2) is 119 Å². The molecule has 7 atom stereocenters. The highest BCUT2D eigenvalue weighted by Gasteiger charge is 2.45. The summed E-state index contributed by atoms with van der Waals surface area (Å²) in [5.74, 6) is -1.20.